The molecule has 1 N–H and O–H groups in total. The minimum absolute atomic E-state index is 0.0787. The molecule has 2 aromatic rings. The summed E-state index contributed by atoms with van der Waals surface area (Å²) in [6, 6.07) is 6.80. The van der Waals surface area contributed by atoms with Crippen LogP contribution < -0.4 is 10.1 Å². The molecule has 0 aliphatic rings. The fourth-order valence-electron chi connectivity index (χ4n) is 1.65. The number of rotatable bonds is 6. The number of ether oxygens (including phenoxy) is 3. The van der Waals surface area contributed by atoms with Crippen molar-refractivity contribution in [3.8, 4) is 11.8 Å². The van der Waals surface area contributed by atoms with Crippen molar-refractivity contribution in [1.82, 2.24) is 20.3 Å². The number of carbonyl (C=O) groups excluding carboxylic acids is 2. The highest BCUT2D eigenvalue weighted by Crippen LogP contribution is 2.28. The van der Waals surface area contributed by atoms with E-state index >= 15 is 0 Å². The van der Waals surface area contributed by atoms with E-state index in [9.17, 15) is 9.59 Å². The lowest BCUT2D eigenvalue weighted by Gasteiger charge is -2.11. The molecule has 1 aromatic carbocycles. The zero-order chi connectivity index (χ0) is 18.5. The van der Waals surface area contributed by atoms with Crippen LogP contribution in [0.15, 0.2) is 43.2 Å². The Balaban J connectivity index is 0.000000970. The monoisotopic (exact) mass is 346 g/mol. The predicted octanol–water partition coefficient (Wildman–Crippen LogP) is 1.19. The first-order valence-corrected chi connectivity index (χ1v) is 6.94. The lowest BCUT2D eigenvalue weighted by atomic mass is 10.1. The number of benzene rings is 1. The van der Waals surface area contributed by atoms with Gasteiger partial charge in [-0.05, 0) is 6.07 Å². The van der Waals surface area contributed by atoms with Crippen LogP contribution in [0, 0.1) is 0 Å². The molecule has 0 fully saturated rings. The number of carbonyl (C=O) groups is 2. The Bertz CT molecular complexity index is 707. The van der Waals surface area contributed by atoms with Gasteiger partial charge in [0.15, 0.2) is 0 Å². The number of methoxy groups -OCH3 is 2. The zero-order valence-electron chi connectivity index (χ0n) is 14.0. The van der Waals surface area contributed by atoms with Gasteiger partial charge in [-0.25, -0.2) is 4.98 Å². The second-order valence-corrected chi connectivity index (χ2v) is 4.29. The Morgan fingerprint density at radius 1 is 1.12 bits per heavy atom. The fourth-order valence-corrected chi connectivity index (χ4v) is 1.65. The lowest BCUT2D eigenvalue weighted by Crippen LogP contribution is -2.22. The normalized spacial score (nSPS) is 10.1. The third kappa shape index (κ3) is 6.36. The van der Waals surface area contributed by atoms with Gasteiger partial charge in [-0.2, -0.15) is 9.97 Å². The van der Waals surface area contributed by atoms with Crippen molar-refractivity contribution >= 4 is 17.9 Å². The summed E-state index contributed by atoms with van der Waals surface area (Å²) >= 11 is 0. The Morgan fingerprint density at radius 3 is 2.36 bits per heavy atom. The molecule has 1 aromatic heterocycles. The predicted molar refractivity (Wildman–Crippen MR) is 88.5 cm³/mol. The Labute approximate surface area is 144 Å². The molecule has 9 heteroatoms. The molecule has 0 atom stereocenters. The molecule has 2 rings (SSSR count). The molecule has 0 saturated heterocycles. The maximum Gasteiger partial charge on any atom is 0.324 e. The topological polar surface area (TPSA) is 113 Å². The SMILES string of the molecule is CO/C=C(/C(=O)NC=O)c1ccccc1Oc1ncncn1.COC. The van der Waals surface area contributed by atoms with Crippen LogP contribution in [0.2, 0.25) is 0 Å². The second-order valence-electron chi connectivity index (χ2n) is 4.29. The highest BCUT2D eigenvalue weighted by molar-refractivity contribution is 6.22. The summed E-state index contributed by atoms with van der Waals surface area (Å²) < 4.78 is 14.7. The maximum atomic E-state index is 12.0. The lowest BCUT2D eigenvalue weighted by molar-refractivity contribution is -0.121. The summed E-state index contributed by atoms with van der Waals surface area (Å²) in [6.07, 6.45) is 4.08. The number of aromatic nitrogens is 3. The number of amides is 2. The van der Waals surface area contributed by atoms with Crippen molar-refractivity contribution in [1.29, 1.82) is 0 Å². The van der Waals surface area contributed by atoms with Crippen molar-refractivity contribution in [2.24, 2.45) is 0 Å². The Morgan fingerprint density at radius 2 is 1.76 bits per heavy atom. The van der Waals surface area contributed by atoms with E-state index in [0.29, 0.717) is 17.7 Å². The minimum atomic E-state index is -0.622. The van der Waals surface area contributed by atoms with E-state index in [-0.39, 0.29) is 11.6 Å². The molecule has 132 valence electrons. The van der Waals surface area contributed by atoms with Crippen LogP contribution in [0.5, 0.6) is 11.8 Å². The van der Waals surface area contributed by atoms with Crippen LogP contribution in [0.4, 0.5) is 0 Å². The van der Waals surface area contributed by atoms with Crippen molar-refractivity contribution in [3.05, 3.63) is 48.7 Å². The van der Waals surface area contributed by atoms with Crippen LogP contribution in [-0.2, 0) is 19.1 Å². The minimum Gasteiger partial charge on any atom is -0.504 e. The van der Waals surface area contributed by atoms with Crippen molar-refractivity contribution in [2.75, 3.05) is 21.3 Å². The van der Waals surface area contributed by atoms with Gasteiger partial charge in [-0.15, -0.1) is 0 Å². The third-order valence-electron chi connectivity index (χ3n) is 2.52. The second kappa shape index (κ2) is 11.2. The van der Waals surface area contributed by atoms with Crippen LogP contribution in [-0.4, -0.2) is 48.6 Å². The quantitative estimate of drug-likeness (QED) is 0.471. The average Bonchev–Trinajstić information content (AvgIpc) is 2.62. The molecule has 0 unspecified atom stereocenters. The van der Waals surface area contributed by atoms with Gasteiger partial charge in [0.2, 0.25) is 6.41 Å². The summed E-state index contributed by atoms with van der Waals surface area (Å²) in [4.78, 5) is 33.8. The van der Waals surface area contributed by atoms with Crippen LogP contribution in [0.3, 0.4) is 0 Å². The van der Waals surface area contributed by atoms with Gasteiger partial charge in [0, 0.05) is 19.8 Å². The summed E-state index contributed by atoms with van der Waals surface area (Å²) in [5.74, 6) is -0.290. The summed E-state index contributed by atoms with van der Waals surface area (Å²) in [7, 11) is 4.64. The molecule has 0 spiro atoms. The van der Waals surface area contributed by atoms with Gasteiger partial charge in [-0.1, -0.05) is 18.2 Å². The third-order valence-corrected chi connectivity index (χ3v) is 2.52. The zero-order valence-corrected chi connectivity index (χ0v) is 14.0. The van der Waals surface area contributed by atoms with Crippen molar-refractivity contribution in [3.63, 3.8) is 0 Å². The van der Waals surface area contributed by atoms with E-state index in [2.05, 4.69) is 25.0 Å². The Hall–Kier alpha value is -3.33. The van der Waals surface area contributed by atoms with Gasteiger partial charge in [0.05, 0.1) is 18.9 Å². The smallest absolute Gasteiger partial charge is 0.324 e. The van der Waals surface area contributed by atoms with Crippen molar-refractivity contribution < 1.29 is 23.8 Å². The number of imide groups is 1. The molecule has 0 aliphatic carbocycles. The molecule has 0 aliphatic heterocycles. The van der Waals surface area contributed by atoms with Gasteiger partial charge < -0.3 is 14.2 Å². The van der Waals surface area contributed by atoms with Gasteiger partial charge in [0.1, 0.15) is 18.4 Å². The molecule has 0 radical (unpaired) electrons. The number of hydrogen-bond donors (Lipinski definition) is 1. The van der Waals surface area contributed by atoms with Gasteiger partial charge in [-0.3, -0.25) is 14.9 Å². The Kier molecular flexibility index (Phi) is 8.87. The van der Waals surface area contributed by atoms with E-state index < -0.39 is 5.91 Å². The van der Waals surface area contributed by atoms with Gasteiger partial charge in [0.25, 0.3) is 5.91 Å². The average molecular weight is 346 g/mol. The number of hydrogen-bond acceptors (Lipinski definition) is 8. The first-order chi connectivity index (χ1) is 12.2. The standard InChI is InChI=1S/C14H12N4O4.C2H6O/c1-21-6-11(13(20)18-9-19)10-4-2-3-5-12(10)22-14-16-7-15-8-17-14;1-3-2/h2-9H,1H3,(H,18,19,20);1-2H3/b11-6+;. The molecule has 9 nitrogen and oxygen atoms in total. The first kappa shape index (κ1) is 19.7. The molecule has 25 heavy (non-hydrogen) atoms. The molecule has 0 saturated carbocycles. The van der Waals surface area contributed by atoms with Crippen LogP contribution in [0.1, 0.15) is 5.56 Å². The summed E-state index contributed by atoms with van der Waals surface area (Å²) in [5, 5.41) is 2.06. The molecule has 1 heterocycles. The maximum absolute atomic E-state index is 12.0. The number of para-hydroxylation sites is 1. The highest BCUT2D eigenvalue weighted by atomic mass is 16.5. The number of nitrogens with one attached hydrogen (secondary N) is 1. The van der Waals surface area contributed by atoms with E-state index in [0.717, 1.165) is 0 Å². The fraction of sp³-hybridized carbons (Fsp3) is 0.188. The van der Waals surface area contributed by atoms with E-state index in [1.807, 2.05) is 0 Å². The molecule has 2 amide bonds. The molecular formula is C16H18N4O5. The van der Waals surface area contributed by atoms with E-state index in [4.69, 9.17) is 9.47 Å². The molecule has 0 bridgehead atoms. The summed E-state index contributed by atoms with van der Waals surface area (Å²) in [6.45, 7) is 0. The summed E-state index contributed by atoms with van der Waals surface area (Å²) in [5.41, 5.74) is 0.545. The van der Waals surface area contributed by atoms with Crippen LogP contribution in [0.25, 0.3) is 5.57 Å². The van der Waals surface area contributed by atoms with E-state index in [1.54, 1.807) is 38.5 Å². The first-order valence-electron chi connectivity index (χ1n) is 6.94. The molecular weight excluding hydrogens is 328 g/mol. The largest absolute Gasteiger partial charge is 0.504 e. The van der Waals surface area contributed by atoms with Crippen LogP contribution >= 0.6 is 0 Å². The van der Waals surface area contributed by atoms with E-state index in [1.165, 1.54) is 26.0 Å². The van der Waals surface area contributed by atoms with Gasteiger partial charge >= 0.3 is 6.01 Å². The highest BCUT2D eigenvalue weighted by Gasteiger charge is 2.17. The number of nitrogens with zero attached hydrogens (tertiary/aromatic N) is 3. The van der Waals surface area contributed by atoms with Crippen molar-refractivity contribution in [2.45, 2.75) is 0 Å².